The van der Waals surface area contributed by atoms with Crippen molar-refractivity contribution in [1.29, 1.82) is 0 Å². The van der Waals surface area contributed by atoms with Crippen LogP contribution in [0.1, 0.15) is 23.9 Å². The highest BCUT2D eigenvalue weighted by Crippen LogP contribution is 2.32. The molecule has 1 aliphatic rings. The molecule has 0 saturated carbocycles. The molecular weight excluding hydrogens is 388 g/mol. The van der Waals surface area contributed by atoms with E-state index in [0.29, 0.717) is 23.9 Å². The molecule has 1 aliphatic heterocycles. The van der Waals surface area contributed by atoms with Crippen LogP contribution in [-0.4, -0.2) is 46.6 Å². The maximum atomic E-state index is 5.75. The molecule has 2 aromatic heterocycles. The topological polar surface area (TPSA) is 71.2 Å². The van der Waals surface area contributed by atoms with Crippen molar-refractivity contribution in [3.63, 3.8) is 0 Å². The van der Waals surface area contributed by atoms with Gasteiger partial charge in [-0.25, -0.2) is 0 Å². The summed E-state index contributed by atoms with van der Waals surface area (Å²) in [7, 11) is 0. The number of aromatic nitrogens is 4. The van der Waals surface area contributed by atoms with Crippen molar-refractivity contribution >= 4 is 22.3 Å². The van der Waals surface area contributed by atoms with Gasteiger partial charge in [-0.15, -0.1) is 20.4 Å². The molecule has 5 rings (SSSR count). The molecule has 4 aromatic rings. The Morgan fingerprint density at radius 3 is 2.32 bits per heavy atom. The Bertz CT molecular complexity index is 1230. The third-order valence-corrected chi connectivity index (χ3v) is 5.92. The molecule has 0 amide bonds. The fourth-order valence-corrected chi connectivity index (χ4v) is 4.19. The van der Waals surface area contributed by atoms with Crippen LogP contribution in [0.25, 0.3) is 22.4 Å². The van der Waals surface area contributed by atoms with Crippen LogP contribution in [0.4, 0.5) is 11.5 Å². The first-order valence-corrected chi connectivity index (χ1v) is 10.8. The lowest BCUT2D eigenvalue weighted by molar-refractivity contribution is 0.511. The van der Waals surface area contributed by atoms with Crippen LogP contribution >= 0.6 is 0 Å². The van der Waals surface area contributed by atoms with Gasteiger partial charge in [-0.3, -0.25) is 0 Å². The predicted molar refractivity (Wildman–Crippen MR) is 123 cm³/mol. The number of rotatable bonds is 4. The van der Waals surface area contributed by atoms with Crippen LogP contribution in [0.15, 0.2) is 46.9 Å². The summed E-state index contributed by atoms with van der Waals surface area (Å²) in [5.74, 6) is 1.94. The quantitative estimate of drug-likeness (QED) is 0.496. The van der Waals surface area contributed by atoms with Gasteiger partial charge in [-0.05, 0) is 31.0 Å². The van der Waals surface area contributed by atoms with E-state index in [2.05, 4.69) is 68.3 Å². The van der Waals surface area contributed by atoms with E-state index < -0.39 is 0 Å². The van der Waals surface area contributed by atoms with Gasteiger partial charge in [-0.1, -0.05) is 43.3 Å². The lowest BCUT2D eigenvalue weighted by Gasteiger charge is -2.37. The summed E-state index contributed by atoms with van der Waals surface area (Å²) in [6, 6.07) is 14.8. The van der Waals surface area contributed by atoms with Gasteiger partial charge >= 0.3 is 0 Å². The van der Waals surface area contributed by atoms with E-state index in [1.54, 1.807) is 0 Å². The highest BCUT2D eigenvalue weighted by Gasteiger charge is 2.23. The second-order valence-electron chi connectivity index (χ2n) is 8.04. The minimum atomic E-state index is 0.423. The molecule has 0 aliphatic carbocycles. The Hall–Kier alpha value is -3.48. The second kappa shape index (κ2) is 7.98. The van der Waals surface area contributed by atoms with Gasteiger partial charge in [0.05, 0.1) is 0 Å². The first kappa shape index (κ1) is 19.5. The zero-order valence-electron chi connectivity index (χ0n) is 18.2. The van der Waals surface area contributed by atoms with Crippen molar-refractivity contribution in [2.45, 2.75) is 27.2 Å². The Morgan fingerprint density at radius 1 is 0.839 bits per heavy atom. The molecule has 7 heteroatoms. The normalized spacial score (nSPS) is 14.4. The SMILES string of the molecule is CCc1nnc(-c2nnc(N3CCN(c4cc(C)ccc4C)CC3)c3ccccc23)o1. The minimum Gasteiger partial charge on any atom is -0.419 e. The molecule has 0 radical (unpaired) electrons. The molecule has 3 heterocycles. The lowest BCUT2D eigenvalue weighted by atomic mass is 10.1. The molecule has 1 saturated heterocycles. The van der Waals surface area contributed by atoms with Crippen molar-refractivity contribution in [3.8, 4) is 11.6 Å². The van der Waals surface area contributed by atoms with Gasteiger partial charge in [0.15, 0.2) is 11.5 Å². The Balaban J connectivity index is 1.44. The third-order valence-electron chi connectivity index (χ3n) is 5.92. The van der Waals surface area contributed by atoms with Crippen LogP contribution in [0.5, 0.6) is 0 Å². The van der Waals surface area contributed by atoms with Crippen LogP contribution in [0.3, 0.4) is 0 Å². The van der Waals surface area contributed by atoms with Gasteiger partial charge in [0, 0.05) is 49.1 Å². The van der Waals surface area contributed by atoms with Gasteiger partial charge in [0.2, 0.25) is 5.89 Å². The zero-order valence-corrected chi connectivity index (χ0v) is 18.2. The van der Waals surface area contributed by atoms with Gasteiger partial charge in [-0.2, -0.15) is 0 Å². The largest absolute Gasteiger partial charge is 0.419 e. The van der Waals surface area contributed by atoms with Crippen molar-refractivity contribution in [1.82, 2.24) is 20.4 Å². The number of hydrogen-bond acceptors (Lipinski definition) is 7. The molecular formula is C24H26N6O. The van der Waals surface area contributed by atoms with E-state index in [9.17, 15) is 0 Å². The average Bonchev–Trinajstić information content (AvgIpc) is 3.29. The summed E-state index contributed by atoms with van der Waals surface area (Å²) in [4.78, 5) is 4.79. The molecule has 0 N–H and O–H groups in total. The summed E-state index contributed by atoms with van der Waals surface area (Å²) in [5.41, 5.74) is 4.58. The second-order valence-corrected chi connectivity index (χ2v) is 8.04. The number of hydrogen-bond donors (Lipinski definition) is 0. The fraction of sp³-hybridized carbons (Fsp3) is 0.333. The summed E-state index contributed by atoms with van der Waals surface area (Å²) in [6.07, 6.45) is 0.696. The molecule has 158 valence electrons. The average molecular weight is 415 g/mol. The predicted octanol–water partition coefficient (Wildman–Crippen LogP) is 4.19. The number of piperazine rings is 1. The highest BCUT2D eigenvalue weighted by atomic mass is 16.4. The standard InChI is InChI=1S/C24H26N6O/c1-4-21-25-28-24(31-21)22-18-7-5-6-8-19(18)23(27-26-22)30-13-11-29(12-14-30)20-15-16(2)9-10-17(20)3/h5-10,15H,4,11-14H2,1-3H3. The number of benzene rings is 2. The maximum absolute atomic E-state index is 5.75. The maximum Gasteiger partial charge on any atom is 0.268 e. The summed E-state index contributed by atoms with van der Waals surface area (Å²) >= 11 is 0. The fourth-order valence-electron chi connectivity index (χ4n) is 4.19. The first-order chi connectivity index (χ1) is 15.1. The van der Waals surface area contributed by atoms with E-state index in [1.807, 2.05) is 25.1 Å². The smallest absolute Gasteiger partial charge is 0.268 e. The van der Waals surface area contributed by atoms with E-state index in [-0.39, 0.29) is 0 Å². The molecule has 1 fully saturated rings. The molecule has 31 heavy (non-hydrogen) atoms. The number of aryl methyl sites for hydroxylation is 3. The van der Waals surface area contributed by atoms with E-state index in [1.165, 1.54) is 16.8 Å². The van der Waals surface area contributed by atoms with Crippen molar-refractivity contribution in [3.05, 3.63) is 59.5 Å². The summed E-state index contributed by atoms with van der Waals surface area (Å²) in [5, 5.41) is 19.4. The molecule has 2 aromatic carbocycles. The van der Waals surface area contributed by atoms with Crippen molar-refractivity contribution < 1.29 is 4.42 Å². The highest BCUT2D eigenvalue weighted by molar-refractivity contribution is 5.99. The third kappa shape index (κ3) is 3.60. The molecule has 0 atom stereocenters. The Morgan fingerprint density at radius 2 is 1.58 bits per heavy atom. The van der Waals surface area contributed by atoms with E-state index >= 15 is 0 Å². The van der Waals surface area contributed by atoms with Crippen LogP contribution in [0, 0.1) is 13.8 Å². The first-order valence-electron chi connectivity index (χ1n) is 10.8. The number of nitrogens with zero attached hydrogens (tertiary/aromatic N) is 6. The van der Waals surface area contributed by atoms with E-state index in [4.69, 9.17) is 4.42 Å². The number of fused-ring (bicyclic) bond motifs is 1. The lowest BCUT2D eigenvalue weighted by Crippen LogP contribution is -2.47. The molecule has 0 spiro atoms. The van der Waals surface area contributed by atoms with Crippen LogP contribution < -0.4 is 9.80 Å². The van der Waals surface area contributed by atoms with Crippen LogP contribution in [0.2, 0.25) is 0 Å². The Kier molecular flexibility index (Phi) is 5.02. The van der Waals surface area contributed by atoms with Gasteiger partial charge < -0.3 is 14.2 Å². The minimum absolute atomic E-state index is 0.423. The van der Waals surface area contributed by atoms with Gasteiger partial charge in [0.25, 0.3) is 5.89 Å². The molecule has 7 nitrogen and oxygen atoms in total. The molecule has 0 bridgehead atoms. The van der Waals surface area contributed by atoms with Crippen LogP contribution in [-0.2, 0) is 6.42 Å². The molecule has 0 unspecified atom stereocenters. The summed E-state index contributed by atoms with van der Waals surface area (Å²) < 4.78 is 5.75. The van der Waals surface area contributed by atoms with Crippen molar-refractivity contribution in [2.75, 3.05) is 36.0 Å². The van der Waals surface area contributed by atoms with Gasteiger partial charge in [0.1, 0.15) is 0 Å². The summed E-state index contributed by atoms with van der Waals surface area (Å²) in [6.45, 7) is 10.0. The number of anilines is 2. The zero-order chi connectivity index (χ0) is 21.4. The van der Waals surface area contributed by atoms with E-state index in [0.717, 1.165) is 42.8 Å². The van der Waals surface area contributed by atoms with Crippen molar-refractivity contribution in [2.24, 2.45) is 0 Å². The Labute approximate surface area is 181 Å². The monoisotopic (exact) mass is 414 g/mol.